The summed E-state index contributed by atoms with van der Waals surface area (Å²) in [5, 5.41) is 1.40. The lowest BCUT2D eigenvalue weighted by atomic mass is 10.2. The summed E-state index contributed by atoms with van der Waals surface area (Å²) in [5.41, 5.74) is 0.458. The van der Waals surface area contributed by atoms with Gasteiger partial charge in [-0.2, -0.15) is 0 Å². The molecule has 2 aromatic rings. The number of hydrogen-bond donors (Lipinski definition) is 0. The van der Waals surface area contributed by atoms with Crippen LogP contribution in [-0.4, -0.2) is 11.3 Å². The number of fused-ring (bicyclic) bond motifs is 1. The summed E-state index contributed by atoms with van der Waals surface area (Å²) in [5.74, 6) is 0. The van der Waals surface area contributed by atoms with Crippen molar-refractivity contribution in [1.29, 1.82) is 0 Å². The molecule has 0 aliphatic heterocycles. The van der Waals surface area contributed by atoms with Gasteiger partial charge in [0.2, 0.25) is 0 Å². The van der Waals surface area contributed by atoms with Crippen LogP contribution in [0.4, 0.5) is 0 Å². The fourth-order valence-electron chi connectivity index (χ4n) is 1.28. The van der Waals surface area contributed by atoms with E-state index in [9.17, 15) is 4.79 Å². The van der Waals surface area contributed by atoms with Gasteiger partial charge in [-0.05, 0) is 12.5 Å². The molecule has 2 heterocycles. The highest BCUT2D eigenvalue weighted by atomic mass is 35.5. The maximum absolute atomic E-state index is 10.6. The Labute approximate surface area is 90.5 Å². The van der Waals surface area contributed by atoms with Crippen LogP contribution in [-0.2, 0) is 6.42 Å². The Balaban J connectivity index is 2.74. The minimum absolute atomic E-state index is 0.458. The standard InChI is InChI=1S/C10H8ClNOS/c1-2-7-3-8-9(11)6(5-13)4-12-10(8)14-7/h3-5H,2H2,1H3. The minimum Gasteiger partial charge on any atom is -0.298 e. The molecule has 72 valence electrons. The van der Waals surface area contributed by atoms with Crippen molar-refractivity contribution in [2.75, 3.05) is 0 Å². The molecule has 0 fully saturated rings. The van der Waals surface area contributed by atoms with Gasteiger partial charge in [0.25, 0.3) is 0 Å². The number of hydrogen-bond acceptors (Lipinski definition) is 3. The van der Waals surface area contributed by atoms with Crippen LogP contribution in [0.3, 0.4) is 0 Å². The van der Waals surface area contributed by atoms with Crippen LogP contribution in [0.1, 0.15) is 22.2 Å². The summed E-state index contributed by atoms with van der Waals surface area (Å²) in [4.78, 5) is 16.9. The first-order valence-electron chi connectivity index (χ1n) is 4.28. The highest BCUT2D eigenvalue weighted by molar-refractivity contribution is 7.18. The third-order valence-electron chi connectivity index (χ3n) is 2.05. The zero-order chi connectivity index (χ0) is 10.1. The van der Waals surface area contributed by atoms with E-state index in [1.807, 2.05) is 6.07 Å². The van der Waals surface area contributed by atoms with Gasteiger partial charge in [0, 0.05) is 16.5 Å². The molecular weight excluding hydrogens is 218 g/mol. The second-order valence-corrected chi connectivity index (χ2v) is 4.42. The summed E-state index contributed by atoms with van der Waals surface area (Å²) < 4.78 is 0. The molecule has 4 heteroatoms. The highest BCUT2D eigenvalue weighted by Gasteiger charge is 2.09. The van der Waals surface area contributed by atoms with Crippen molar-refractivity contribution in [2.24, 2.45) is 0 Å². The van der Waals surface area contributed by atoms with E-state index in [0.717, 1.165) is 22.9 Å². The number of nitrogens with zero attached hydrogens (tertiary/aromatic N) is 1. The third kappa shape index (κ3) is 1.42. The molecule has 2 nitrogen and oxygen atoms in total. The van der Waals surface area contributed by atoms with Crippen molar-refractivity contribution in [2.45, 2.75) is 13.3 Å². The number of aryl methyl sites for hydroxylation is 1. The summed E-state index contributed by atoms with van der Waals surface area (Å²) in [6.07, 6.45) is 3.22. The van der Waals surface area contributed by atoms with Crippen molar-refractivity contribution >= 4 is 39.4 Å². The van der Waals surface area contributed by atoms with E-state index in [1.54, 1.807) is 11.3 Å². The lowest BCUT2D eigenvalue weighted by molar-refractivity contribution is 0.112. The van der Waals surface area contributed by atoms with Gasteiger partial charge in [-0.15, -0.1) is 11.3 Å². The van der Waals surface area contributed by atoms with Gasteiger partial charge in [-0.3, -0.25) is 4.79 Å². The minimum atomic E-state index is 0.458. The number of halogens is 1. The SMILES string of the molecule is CCc1cc2c(Cl)c(C=O)cnc2s1. The molecule has 2 aromatic heterocycles. The zero-order valence-corrected chi connectivity index (χ0v) is 9.15. The van der Waals surface area contributed by atoms with Gasteiger partial charge < -0.3 is 0 Å². The first kappa shape index (κ1) is 9.62. The average Bonchev–Trinajstić information content (AvgIpc) is 2.62. The molecule has 0 unspecified atom stereocenters. The average molecular weight is 226 g/mol. The molecule has 2 rings (SSSR count). The van der Waals surface area contributed by atoms with Crippen LogP contribution in [0.5, 0.6) is 0 Å². The van der Waals surface area contributed by atoms with E-state index < -0.39 is 0 Å². The smallest absolute Gasteiger partial charge is 0.153 e. The third-order valence-corrected chi connectivity index (χ3v) is 3.66. The molecule has 14 heavy (non-hydrogen) atoms. The molecule has 0 amide bonds. The lowest BCUT2D eigenvalue weighted by Gasteiger charge is -1.95. The Morgan fingerprint density at radius 1 is 1.64 bits per heavy atom. The molecular formula is C10H8ClNOS. The zero-order valence-electron chi connectivity index (χ0n) is 7.58. The number of carbonyl (C=O) groups excluding carboxylic acids is 1. The van der Waals surface area contributed by atoms with Crippen LogP contribution in [0.15, 0.2) is 12.3 Å². The molecule has 0 aliphatic rings. The summed E-state index contributed by atoms with van der Waals surface area (Å²) in [6.45, 7) is 2.08. The number of aldehydes is 1. The molecule has 0 N–H and O–H groups in total. The van der Waals surface area contributed by atoms with Crippen molar-refractivity contribution in [1.82, 2.24) is 4.98 Å². The van der Waals surface area contributed by atoms with Gasteiger partial charge in [-0.25, -0.2) is 4.98 Å². The van der Waals surface area contributed by atoms with E-state index in [0.29, 0.717) is 10.6 Å². The predicted octanol–water partition coefficient (Wildman–Crippen LogP) is 3.32. The Hall–Kier alpha value is -0.930. The lowest BCUT2D eigenvalue weighted by Crippen LogP contribution is -1.83. The molecule has 0 aliphatic carbocycles. The van der Waals surface area contributed by atoms with Crippen molar-refractivity contribution in [3.63, 3.8) is 0 Å². The quantitative estimate of drug-likeness (QED) is 0.734. The summed E-state index contributed by atoms with van der Waals surface area (Å²) in [7, 11) is 0. The van der Waals surface area contributed by atoms with Gasteiger partial charge in [-0.1, -0.05) is 18.5 Å². The Morgan fingerprint density at radius 3 is 3.07 bits per heavy atom. The topological polar surface area (TPSA) is 30.0 Å². The van der Waals surface area contributed by atoms with Crippen molar-refractivity contribution in [3.8, 4) is 0 Å². The molecule has 0 spiro atoms. The summed E-state index contributed by atoms with van der Waals surface area (Å²) >= 11 is 7.67. The van der Waals surface area contributed by atoms with E-state index in [1.165, 1.54) is 11.1 Å². The van der Waals surface area contributed by atoms with Crippen LogP contribution < -0.4 is 0 Å². The van der Waals surface area contributed by atoms with Crippen LogP contribution in [0, 0.1) is 0 Å². The van der Waals surface area contributed by atoms with Crippen LogP contribution in [0.25, 0.3) is 10.2 Å². The number of rotatable bonds is 2. The van der Waals surface area contributed by atoms with Crippen molar-refractivity contribution in [3.05, 3.63) is 27.7 Å². The number of aromatic nitrogens is 1. The normalized spacial score (nSPS) is 10.7. The molecule has 0 aromatic carbocycles. The number of thiophene rings is 1. The van der Waals surface area contributed by atoms with Crippen LogP contribution >= 0.6 is 22.9 Å². The van der Waals surface area contributed by atoms with E-state index >= 15 is 0 Å². The van der Waals surface area contributed by atoms with E-state index in [2.05, 4.69) is 11.9 Å². The largest absolute Gasteiger partial charge is 0.298 e. The molecule has 0 saturated heterocycles. The Kier molecular flexibility index (Phi) is 2.52. The Bertz CT molecular complexity index is 492. The molecule has 0 radical (unpaired) electrons. The van der Waals surface area contributed by atoms with Crippen molar-refractivity contribution < 1.29 is 4.79 Å². The number of pyridine rings is 1. The predicted molar refractivity (Wildman–Crippen MR) is 59.4 cm³/mol. The second-order valence-electron chi connectivity index (χ2n) is 2.93. The first-order valence-corrected chi connectivity index (χ1v) is 5.47. The van der Waals surface area contributed by atoms with Crippen LogP contribution in [0.2, 0.25) is 5.02 Å². The molecule has 0 saturated carbocycles. The maximum Gasteiger partial charge on any atom is 0.153 e. The van der Waals surface area contributed by atoms with E-state index in [-0.39, 0.29) is 0 Å². The fourth-order valence-corrected chi connectivity index (χ4v) is 2.52. The maximum atomic E-state index is 10.6. The highest BCUT2D eigenvalue weighted by Crippen LogP contribution is 2.31. The number of carbonyl (C=O) groups is 1. The van der Waals surface area contributed by atoms with Gasteiger partial charge in [0.1, 0.15) is 4.83 Å². The molecule has 0 atom stereocenters. The monoisotopic (exact) mass is 225 g/mol. The second kappa shape index (κ2) is 3.67. The first-order chi connectivity index (χ1) is 6.76. The molecule has 0 bridgehead atoms. The van der Waals surface area contributed by atoms with Gasteiger partial charge in [0.15, 0.2) is 6.29 Å². The van der Waals surface area contributed by atoms with Gasteiger partial charge in [0.05, 0.1) is 10.6 Å². The fraction of sp³-hybridized carbons (Fsp3) is 0.200. The summed E-state index contributed by atoms with van der Waals surface area (Å²) in [6, 6.07) is 2.00. The Morgan fingerprint density at radius 2 is 2.43 bits per heavy atom. The van der Waals surface area contributed by atoms with Gasteiger partial charge >= 0.3 is 0 Å². The van der Waals surface area contributed by atoms with E-state index in [4.69, 9.17) is 11.6 Å².